The first-order chi connectivity index (χ1) is 8.27. The lowest BCUT2D eigenvalue weighted by Crippen LogP contribution is -2.16. The van der Waals surface area contributed by atoms with Crippen LogP contribution in [0.4, 0.5) is 0 Å². The molecule has 3 nitrogen and oxygen atoms in total. The first-order valence-electron chi connectivity index (χ1n) is 6.26. The van der Waals surface area contributed by atoms with Gasteiger partial charge in [-0.05, 0) is 57.1 Å². The summed E-state index contributed by atoms with van der Waals surface area (Å²) in [6.07, 6.45) is 2.45. The van der Waals surface area contributed by atoms with E-state index in [1.165, 1.54) is 24.0 Å². The van der Waals surface area contributed by atoms with Gasteiger partial charge in [0.2, 0.25) is 0 Å². The molecule has 96 valence electrons. The van der Waals surface area contributed by atoms with Crippen LogP contribution in [0.2, 0.25) is 0 Å². The molecular weight excluding hydrogens is 212 g/mol. The van der Waals surface area contributed by atoms with E-state index in [-0.39, 0.29) is 0 Å². The highest BCUT2D eigenvalue weighted by atomic mass is 16.5. The molecule has 0 aliphatic heterocycles. The van der Waals surface area contributed by atoms with Gasteiger partial charge in [0.05, 0.1) is 7.11 Å². The number of rotatable bonds is 8. The summed E-state index contributed by atoms with van der Waals surface area (Å²) in [6.45, 7) is 5.19. The quantitative estimate of drug-likeness (QED) is 0.678. The number of benzene rings is 1. The third-order valence-corrected chi connectivity index (χ3v) is 2.82. The Hall–Kier alpha value is -1.06. The van der Waals surface area contributed by atoms with E-state index in [0.29, 0.717) is 0 Å². The van der Waals surface area contributed by atoms with Gasteiger partial charge in [-0.1, -0.05) is 12.1 Å². The molecule has 0 fully saturated rings. The second-order valence-corrected chi connectivity index (χ2v) is 4.29. The molecule has 0 saturated heterocycles. The van der Waals surface area contributed by atoms with Gasteiger partial charge in [-0.2, -0.15) is 0 Å². The minimum atomic E-state index is 0.935. The van der Waals surface area contributed by atoms with Crippen LogP contribution in [0.25, 0.3) is 0 Å². The molecule has 0 aliphatic carbocycles. The fourth-order valence-electron chi connectivity index (χ4n) is 1.83. The highest BCUT2D eigenvalue weighted by molar-refractivity contribution is 5.36. The first-order valence-corrected chi connectivity index (χ1v) is 6.26. The van der Waals surface area contributed by atoms with E-state index in [1.54, 1.807) is 7.11 Å². The van der Waals surface area contributed by atoms with Gasteiger partial charge in [-0.3, -0.25) is 0 Å². The van der Waals surface area contributed by atoms with E-state index in [0.717, 1.165) is 25.4 Å². The second kappa shape index (κ2) is 8.09. The Balaban J connectivity index is 2.25. The maximum atomic E-state index is 5.24. The number of methoxy groups -OCH3 is 1. The van der Waals surface area contributed by atoms with Crippen LogP contribution in [0, 0.1) is 6.92 Å². The summed E-state index contributed by atoms with van der Waals surface area (Å²) in [6, 6.07) is 6.33. The summed E-state index contributed by atoms with van der Waals surface area (Å²) >= 11 is 0. The van der Waals surface area contributed by atoms with Crippen molar-refractivity contribution in [3.05, 3.63) is 29.3 Å². The molecular formula is C14H24N2O. The van der Waals surface area contributed by atoms with Gasteiger partial charge in [0.1, 0.15) is 5.75 Å². The average molecular weight is 236 g/mol. The van der Waals surface area contributed by atoms with Crippen LogP contribution in [0.5, 0.6) is 5.75 Å². The molecule has 0 amide bonds. The monoisotopic (exact) mass is 236 g/mol. The summed E-state index contributed by atoms with van der Waals surface area (Å²) < 4.78 is 5.24. The van der Waals surface area contributed by atoms with Crippen molar-refractivity contribution in [1.82, 2.24) is 10.6 Å². The predicted octanol–water partition coefficient (Wildman–Crippen LogP) is 2.09. The van der Waals surface area contributed by atoms with Gasteiger partial charge < -0.3 is 15.4 Å². The largest absolute Gasteiger partial charge is 0.496 e. The number of nitrogens with one attached hydrogen (secondary N) is 2. The summed E-state index contributed by atoms with van der Waals surface area (Å²) in [5.41, 5.74) is 2.51. The Bertz CT molecular complexity index is 326. The molecule has 0 unspecified atom stereocenters. The van der Waals surface area contributed by atoms with Crippen LogP contribution >= 0.6 is 0 Å². The smallest absolute Gasteiger partial charge is 0.121 e. The lowest BCUT2D eigenvalue weighted by Gasteiger charge is -2.08. The molecule has 0 heterocycles. The standard InChI is InChI=1S/C14H24N2O/c1-12-10-13(6-7-14(12)17-3)11-16-9-5-4-8-15-2/h6-7,10,15-16H,4-5,8-9,11H2,1-3H3. The lowest BCUT2D eigenvalue weighted by atomic mass is 10.1. The second-order valence-electron chi connectivity index (χ2n) is 4.29. The van der Waals surface area contributed by atoms with Gasteiger partial charge in [0.15, 0.2) is 0 Å². The average Bonchev–Trinajstić information content (AvgIpc) is 2.34. The highest BCUT2D eigenvalue weighted by Gasteiger charge is 1.99. The van der Waals surface area contributed by atoms with Crippen molar-refractivity contribution in [2.45, 2.75) is 26.3 Å². The zero-order valence-corrected chi connectivity index (χ0v) is 11.2. The Morgan fingerprint density at radius 1 is 1.18 bits per heavy atom. The number of unbranched alkanes of at least 4 members (excludes halogenated alkanes) is 1. The van der Waals surface area contributed by atoms with Gasteiger partial charge in [-0.15, -0.1) is 0 Å². The number of hydrogen-bond acceptors (Lipinski definition) is 3. The molecule has 1 aromatic rings. The summed E-state index contributed by atoms with van der Waals surface area (Å²) in [4.78, 5) is 0. The summed E-state index contributed by atoms with van der Waals surface area (Å²) in [5.74, 6) is 0.961. The molecule has 1 aromatic carbocycles. The lowest BCUT2D eigenvalue weighted by molar-refractivity contribution is 0.411. The van der Waals surface area contributed by atoms with Gasteiger partial charge in [0.25, 0.3) is 0 Å². The van der Waals surface area contributed by atoms with Crippen molar-refractivity contribution in [1.29, 1.82) is 0 Å². The van der Waals surface area contributed by atoms with Crippen molar-refractivity contribution < 1.29 is 4.74 Å². The fraction of sp³-hybridized carbons (Fsp3) is 0.571. The van der Waals surface area contributed by atoms with Crippen molar-refractivity contribution in [2.75, 3.05) is 27.2 Å². The van der Waals surface area contributed by atoms with E-state index in [1.807, 2.05) is 13.1 Å². The van der Waals surface area contributed by atoms with E-state index in [9.17, 15) is 0 Å². The fourth-order valence-corrected chi connectivity index (χ4v) is 1.83. The maximum absolute atomic E-state index is 5.24. The van der Waals surface area contributed by atoms with Crippen LogP contribution in [-0.4, -0.2) is 27.2 Å². The summed E-state index contributed by atoms with van der Waals surface area (Å²) in [5, 5.41) is 6.61. The SMILES string of the molecule is CNCCCCNCc1ccc(OC)c(C)c1. The molecule has 0 aliphatic rings. The summed E-state index contributed by atoms with van der Waals surface area (Å²) in [7, 11) is 3.70. The zero-order valence-electron chi connectivity index (χ0n) is 11.2. The molecule has 3 heteroatoms. The predicted molar refractivity (Wildman–Crippen MR) is 72.6 cm³/mol. The van der Waals surface area contributed by atoms with Crippen molar-refractivity contribution in [3.63, 3.8) is 0 Å². The molecule has 0 saturated carbocycles. The topological polar surface area (TPSA) is 33.3 Å². The Morgan fingerprint density at radius 2 is 1.94 bits per heavy atom. The van der Waals surface area contributed by atoms with Gasteiger partial charge >= 0.3 is 0 Å². The van der Waals surface area contributed by atoms with Crippen LogP contribution < -0.4 is 15.4 Å². The first kappa shape index (κ1) is 14.0. The van der Waals surface area contributed by atoms with Crippen molar-refractivity contribution in [3.8, 4) is 5.75 Å². The molecule has 0 bridgehead atoms. The number of hydrogen-bond donors (Lipinski definition) is 2. The molecule has 0 spiro atoms. The van der Waals surface area contributed by atoms with E-state index < -0.39 is 0 Å². The minimum absolute atomic E-state index is 0.935. The number of aryl methyl sites for hydroxylation is 1. The molecule has 0 aromatic heterocycles. The van der Waals surface area contributed by atoms with Crippen LogP contribution in [0.1, 0.15) is 24.0 Å². The molecule has 1 rings (SSSR count). The van der Waals surface area contributed by atoms with Crippen molar-refractivity contribution in [2.24, 2.45) is 0 Å². The zero-order chi connectivity index (χ0) is 12.5. The van der Waals surface area contributed by atoms with E-state index >= 15 is 0 Å². The van der Waals surface area contributed by atoms with E-state index in [2.05, 4.69) is 29.7 Å². The van der Waals surface area contributed by atoms with Crippen molar-refractivity contribution >= 4 is 0 Å². The maximum Gasteiger partial charge on any atom is 0.121 e. The Kier molecular flexibility index (Phi) is 6.67. The number of ether oxygens (including phenoxy) is 1. The normalized spacial score (nSPS) is 10.5. The molecule has 2 N–H and O–H groups in total. The van der Waals surface area contributed by atoms with Gasteiger partial charge in [-0.25, -0.2) is 0 Å². The van der Waals surface area contributed by atoms with Crippen LogP contribution in [0.15, 0.2) is 18.2 Å². The van der Waals surface area contributed by atoms with Crippen LogP contribution in [0.3, 0.4) is 0 Å². The Morgan fingerprint density at radius 3 is 2.59 bits per heavy atom. The van der Waals surface area contributed by atoms with Crippen LogP contribution in [-0.2, 0) is 6.54 Å². The molecule has 17 heavy (non-hydrogen) atoms. The Labute approximate surface area is 105 Å². The van der Waals surface area contributed by atoms with Gasteiger partial charge in [0, 0.05) is 6.54 Å². The molecule has 0 atom stereocenters. The minimum Gasteiger partial charge on any atom is -0.496 e. The third-order valence-electron chi connectivity index (χ3n) is 2.82. The van der Waals surface area contributed by atoms with E-state index in [4.69, 9.17) is 4.74 Å². The molecule has 0 radical (unpaired) electrons. The third kappa shape index (κ3) is 5.20. The highest BCUT2D eigenvalue weighted by Crippen LogP contribution is 2.18.